The summed E-state index contributed by atoms with van der Waals surface area (Å²) in [5.41, 5.74) is 0.221. The fourth-order valence-electron chi connectivity index (χ4n) is 3.09. The summed E-state index contributed by atoms with van der Waals surface area (Å²) in [6, 6.07) is 4.45. The zero-order chi connectivity index (χ0) is 20.7. The molecule has 0 saturated carbocycles. The van der Waals surface area contributed by atoms with Crippen LogP contribution in [0.4, 0.5) is 0 Å². The van der Waals surface area contributed by atoms with E-state index in [1.807, 2.05) is 13.8 Å². The van der Waals surface area contributed by atoms with Gasteiger partial charge in [0.05, 0.1) is 23.7 Å². The van der Waals surface area contributed by atoms with E-state index >= 15 is 0 Å². The Labute approximate surface area is 168 Å². The Morgan fingerprint density at radius 3 is 2.57 bits per heavy atom. The first kappa shape index (κ1) is 22.6. The molecule has 7 nitrogen and oxygen atoms in total. The molecule has 1 saturated heterocycles. The van der Waals surface area contributed by atoms with E-state index in [2.05, 4.69) is 12.2 Å². The Hall–Kier alpha value is -1.64. The standard InChI is InChI=1S/C20H32N2O5S/c1-15(2)27-13-5-10-21-20(23)18-14-17(6-7-19(18)26-4)28(24,25)22-11-8-16(3)9-12-22/h6-7,14-16H,5,8-13H2,1-4H3,(H,21,23). The van der Waals surface area contributed by atoms with Gasteiger partial charge in [0.1, 0.15) is 5.75 Å². The molecule has 1 amide bonds. The minimum absolute atomic E-state index is 0.121. The molecule has 2 rings (SSSR count). The third kappa shape index (κ3) is 5.93. The first-order valence-corrected chi connectivity index (χ1v) is 11.3. The van der Waals surface area contributed by atoms with Gasteiger partial charge in [-0.3, -0.25) is 4.79 Å². The molecule has 0 radical (unpaired) electrons. The number of amides is 1. The van der Waals surface area contributed by atoms with Crippen molar-refractivity contribution in [3.05, 3.63) is 23.8 Å². The molecule has 1 N–H and O–H groups in total. The molecule has 1 aromatic carbocycles. The number of benzene rings is 1. The highest BCUT2D eigenvalue weighted by atomic mass is 32.2. The predicted octanol–water partition coefficient (Wildman–Crippen LogP) is 2.66. The molecule has 1 aliphatic heterocycles. The van der Waals surface area contributed by atoms with E-state index in [0.29, 0.717) is 44.3 Å². The summed E-state index contributed by atoms with van der Waals surface area (Å²) in [4.78, 5) is 12.7. The number of sulfonamides is 1. The number of hydrogen-bond acceptors (Lipinski definition) is 5. The van der Waals surface area contributed by atoms with Crippen molar-refractivity contribution in [3.63, 3.8) is 0 Å². The average molecular weight is 413 g/mol. The first-order valence-electron chi connectivity index (χ1n) is 9.83. The monoisotopic (exact) mass is 412 g/mol. The lowest BCUT2D eigenvalue weighted by Crippen LogP contribution is -2.38. The summed E-state index contributed by atoms with van der Waals surface area (Å²) >= 11 is 0. The highest BCUT2D eigenvalue weighted by Gasteiger charge is 2.29. The van der Waals surface area contributed by atoms with E-state index < -0.39 is 10.0 Å². The summed E-state index contributed by atoms with van der Waals surface area (Å²) < 4.78 is 38.1. The number of nitrogens with one attached hydrogen (secondary N) is 1. The van der Waals surface area contributed by atoms with Gasteiger partial charge < -0.3 is 14.8 Å². The average Bonchev–Trinajstić information content (AvgIpc) is 2.67. The van der Waals surface area contributed by atoms with Gasteiger partial charge in [0.2, 0.25) is 10.0 Å². The van der Waals surface area contributed by atoms with Crippen LogP contribution in [0.2, 0.25) is 0 Å². The molecule has 0 aliphatic carbocycles. The van der Waals surface area contributed by atoms with Gasteiger partial charge in [-0.05, 0) is 57.2 Å². The molecule has 1 aromatic rings. The predicted molar refractivity (Wildman–Crippen MR) is 108 cm³/mol. The Bertz CT molecular complexity index is 756. The van der Waals surface area contributed by atoms with E-state index in [9.17, 15) is 13.2 Å². The molecule has 0 aromatic heterocycles. The van der Waals surface area contributed by atoms with Crippen LogP contribution in [-0.4, -0.2) is 58.1 Å². The number of carbonyl (C=O) groups excluding carboxylic acids is 1. The molecule has 1 aliphatic rings. The van der Waals surface area contributed by atoms with E-state index in [0.717, 1.165) is 12.8 Å². The minimum atomic E-state index is -3.63. The highest BCUT2D eigenvalue weighted by Crippen LogP contribution is 2.27. The van der Waals surface area contributed by atoms with Crippen LogP contribution in [0.5, 0.6) is 5.75 Å². The minimum Gasteiger partial charge on any atom is -0.496 e. The van der Waals surface area contributed by atoms with Crippen LogP contribution in [0.15, 0.2) is 23.1 Å². The van der Waals surface area contributed by atoms with Crippen LogP contribution in [0.25, 0.3) is 0 Å². The van der Waals surface area contributed by atoms with Crippen LogP contribution in [0, 0.1) is 5.92 Å². The zero-order valence-corrected chi connectivity index (χ0v) is 18.0. The highest BCUT2D eigenvalue weighted by molar-refractivity contribution is 7.89. The summed E-state index contributed by atoms with van der Waals surface area (Å²) in [6.45, 7) is 8.05. The maximum Gasteiger partial charge on any atom is 0.255 e. The van der Waals surface area contributed by atoms with Crippen LogP contribution < -0.4 is 10.1 Å². The van der Waals surface area contributed by atoms with Gasteiger partial charge >= 0.3 is 0 Å². The Balaban J connectivity index is 2.11. The van der Waals surface area contributed by atoms with Crippen molar-refractivity contribution in [1.29, 1.82) is 0 Å². The number of piperidine rings is 1. The van der Waals surface area contributed by atoms with Gasteiger partial charge in [-0.15, -0.1) is 0 Å². The SMILES string of the molecule is COc1ccc(S(=O)(=O)N2CCC(C)CC2)cc1C(=O)NCCCOC(C)C. The van der Waals surface area contributed by atoms with Gasteiger partial charge in [-0.25, -0.2) is 8.42 Å². The summed E-state index contributed by atoms with van der Waals surface area (Å²) in [7, 11) is -2.17. The molecule has 1 heterocycles. The van der Waals surface area contributed by atoms with Crippen molar-refractivity contribution >= 4 is 15.9 Å². The molecule has 1 fully saturated rings. The topological polar surface area (TPSA) is 84.9 Å². The maximum absolute atomic E-state index is 13.0. The molecule has 158 valence electrons. The Morgan fingerprint density at radius 1 is 1.29 bits per heavy atom. The number of carbonyl (C=O) groups is 1. The Kier molecular flexibility index (Phi) is 8.27. The van der Waals surface area contributed by atoms with Gasteiger partial charge in [-0.1, -0.05) is 6.92 Å². The van der Waals surface area contributed by atoms with Crippen LogP contribution >= 0.6 is 0 Å². The second-order valence-corrected chi connectivity index (χ2v) is 9.42. The molecular formula is C20H32N2O5S. The molecule has 0 spiro atoms. The molecule has 0 atom stereocenters. The molecule has 28 heavy (non-hydrogen) atoms. The van der Waals surface area contributed by atoms with E-state index in [1.165, 1.54) is 29.6 Å². The summed E-state index contributed by atoms with van der Waals surface area (Å²) in [5.74, 6) is 0.524. The number of hydrogen-bond donors (Lipinski definition) is 1. The van der Waals surface area contributed by atoms with Gasteiger partial charge in [-0.2, -0.15) is 4.31 Å². The molecule has 0 bridgehead atoms. The second kappa shape index (κ2) is 10.2. The van der Waals surface area contributed by atoms with Crippen molar-refractivity contribution in [2.24, 2.45) is 5.92 Å². The van der Waals surface area contributed by atoms with Crippen molar-refractivity contribution in [2.75, 3.05) is 33.4 Å². The lowest BCUT2D eigenvalue weighted by atomic mass is 10.0. The number of rotatable bonds is 9. The largest absolute Gasteiger partial charge is 0.496 e. The van der Waals surface area contributed by atoms with Crippen LogP contribution in [-0.2, 0) is 14.8 Å². The quantitative estimate of drug-likeness (QED) is 0.630. The van der Waals surface area contributed by atoms with Gasteiger partial charge in [0, 0.05) is 26.2 Å². The summed E-state index contributed by atoms with van der Waals surface area (Å²) in [6.07, 6.45) is 2.52. The van der Waals surface area contributed by atoms with Crippen molar-refractivity contribution in [1.82, 2.24) is 9.62 Å². The molecule has 8 heteroatoms. The number of nitrogens with zero attached hydrogens (tertiary/aromatic N) is 1. The zero-order valence-electron chi connectivity index (χ0n) is 17.2. The van der Waals surface area contributed by atoms with E-state index in [1.54, 1.807) is 0 Å². The third-order valence-corrected chi connectivity index (χ3v) is 6.75. The molecular weight excluding hydrogens is 380 g/mol. The summed E-state index contributed by atoms with van der Waals surface area (Å²) in [5, 5.41) is 2.80. The van der Waals surface area contributed by atoms with Gasteiger partial charge in [0.15, 0.2) is 0 Å². The Morgan fingerprint density at radius 2 is 1.96 bits per heavy atom. The third-order valence-electron chi connectivity index (χ3n) is 4.85. The van der Waals surface area contributed by atoms with Crippen LogP contribution in [0.3, 0.4) is 0 Å². The molecule has 0 unspecified atom stereocenters. The van der Waals surface area contributed by atoms with Crippen LogP contribution in [0.1, 0.15) is 50.4 Å². The smallest absolute Gasteiger partial charge is 0.255 e. The first-order chi connectivity index (χ1) is 13.3. The number of ether oxygens (including phenoxy) is 2. The second-order valence-electron chi connectivity index (χ2n) is 7.48. The lowest BCUT2D eigenvalue weighted by Gasteiger charge is -2.29. The van der Waals surface area contributed by atoms with Crippen molar-refractivity contribution < 1.29 is 22.7 Å². The fourth-order valence-corrected chi connectivity index (χ4v) is 4.58. The number of methoxy groups -OCH3 is 1. The lowest BCUT2D eigenvalue weighted by molar-refractivity contribution is 0.0757. The van der Waals surface area contributed by atoms with Crippen molar-refractivity contribution in [2.45, 2.75) is 51.0 Å². The van der Waals surface area contributed by atoms with E-state index in [-0.39, 0.29) is 22.5 Å². The fraction of sp³-hybridized carbons (Fsp3) is 0.650. The van der Waals surface area contributed by atoms with Gasteiger partial charge in [0.25, 0.3) is 5.91 Å². The van der Waals surface area contributed by atoms with Crippen molar-refractivity contribution in [3.8, 4) is 5.75 Å². The normalized spacial score (nSPS) is 16.3. The van der Waals surface area contributed by atoms with E-state index in [4.69, 9.17) is 9.47 Å². The maximum atomic E-state index is 13.0.